The van der Waals surface area contributed by atoms with Gasteiger partial charge in [-0.3, -0.25) is 4.79 Å². The van der Waals surface area contributed by atoms with Crippen molar-refractivity contribution in [1.29, 1.82) is 0 Å². The first-order valence-corrected chi connectivity index (χ1v) is 13.1. The lowest BCUT2D eigenvalue weighted by atomic mass is 9.47. The third kappa shape index (κ3) is 4.39. The summed E-state index contributed by atoms with van der Waals surface area (Å²) in [4.78, 5) is 13.4. The van der Waals surface area contributed by atoms with Crippen molar-refractivity contribution in [3.63, 3.8) is 0 Å². The Labute approximate surface area is 212 Å². The van der Waals surface area contributed by atoms with Crippen LogP contribution in [-0.4, -0.2) is 17.1 Å². The fourth-order valence-electron chi connectivity index (χ4n) is 8.43. The molecule has 0 spiro atoms. The Morgan fingerprint density at radius 3 is 2.35 bits per heavy atom. The zero-order valence-corrected chi connectivity index (χ0v) is 21.0. The Morgan fingerprint density at radius 2 is 1.68 bits per heavy atom. The normalized spacial score (nSPS) is 37.8. The number of amides is 1. The SMILES string of the molecule is C[C@]12CCC(O)C=C1CCC1C2CC[C@@]2(C)C1CC[C@@H]2C(=O)Nc1cc(C(F)(F)F)ccc1C(F)(F)F. The minimum absolute atomic E-state index is 0.0173. The van der Waals surface area contributed by atoms with E-state index < -0.39 is 52.5 Å². The van der Waals surface area contributed by atoms with Crippen molar-refractivity contribution in [2.24, 2.45) is 34.5 Å². The van der Waals surface area contributed by atoms with Crippen molar-refractivity contribution >= 4 is 11.6 Å². The van der Waals surface area contributed by atoms with E-state index in [1.54, 1.807) is 0 Å². The first kappa shape index (κ1) is 26.6. The fraction of sp³-hybridized carbons (Fsp3) is 0.679. The molecule has 4 unspecified atom stereocenters. The average Bonchev–Trinajstić information content (AvgIpc) is 3.15. The lowest BCUT2D eigenvalue weighted by Gasteiger charge is -2.58. The van der Waals surface area contributed by atoms with Crippen LogP contribution in [0.1, 0.15) is 76.3 Å². The molecule has 204 valence electrons. The maximum absolute atomic E-state index is 13.6. The molecular weight excluding hydrogens is 496 g/mol. The summed E-state index contributed by atoms with van der Waals surface area (Å²) in [6.45, 7) is 4.33. The number of hydrogen-bond donors (Lipinski definition) is 2. The molecule has 0 radical (unpaired) electrons. The highest BCUT2D eigenvalue weighted by Gasteiger charge is 2.60. The van der Waals surface area contributed by atoms with Crippen LogP contribution in [-0.2, 0) is 17.1 Å². The van der Waals surface area contributed by atoms with Crippen molar-refractivity contribution in [2.75, 3.05) is 5.32 Å². The van der Waals surface area contributed by atoms with E-state index in [0.717, 1.165) is 44.9 Å². The number of nitrogens with one attached hydrogen (secondary N) is 1. The molecule has 2 N–H and O–H groups in total. The molecule has 1 aromatic rings. The van der Waals surface area contributed by atoms with E-state index in [1.165, 1.54) is 5.57 Å². The maximum Gasteiger partial charge on any atom is 0.418 e. The van der Waals surface area contributed by atoms with Gasteiger partial charge in [-0.1, -0.05) is 25.5 Å². The topological polar surface area (TPSA) is 49.3 Å². The van der Waals surface area contributed by atoms with Gasteiger partial charge in [-0.05, 0) is 98.1 Å². The van der Waals surface area contributed by atoms with Crippen LogP contribution in [0.15, 0.2) is 29.8 Å². The van der Waals surface area contributed by atoms with Gasteiger partial charge in [0.15, 0.2) is 0 Å². The van der Waals surface area contributed by atoms with Gasteiger partial charge in [0.2, 0.25) is 5.91 Å². The number of aliphatic hydroxyl groups excluding tert-OH is 1. The largest absolute Gasteiger partial charge is 0.418 e. The van der Waals surface area contributed by atoms with Crippen molar-refractivity contribution < 1.29 is 36.2 Å². The van der Waals surface area contributed by atoms with Gasteiger partial charge in [-0.15, -0.1) is 0 Å². The van der Waals surface area contributed by atoms with Gasteiger partial charge in [-0.2, -0.15) is 26.3 Å². The Kier molecular flexibility index (Phi) is 6.28. The van der Waals surface area contributed by atoms with Crippen molar-refractivity contribution in [2.45, 2.75) is 83.7 Å². The van der Waals surface area contributed by atoms with Gasteiger partial charge in [0.25, 0.3) is 0 Å². The van der Waals surface area contributed by atoms with Crippen LogP contribution in [0.4, 0.5) is 32.0 Å². The Balaban J connectivity index is 1.40. The summed E-state index contributed by atoms with van der Waals surface area (Å²) in [5.41, 5.74) is -2.43. The lowest BCUT2D eigenvalue weighted by molar-refractivity contribution is -0.141. The van der Waals surface area contributed by atoms with Crippen molar-refractivity contribution in [1.82, 2.24) is 0 Å². The van der Waals surface area contributed by atoms with Gasteiger partial charge >= 0.3 is 12.4 Å². The van der Waals surface area contributed by atoms with Crippen molar-refractivity contribution in [3.05, 3.63) is 41.0 Å². The molecule has 0 bridgehead atoms. The number of rotatable bonds is 2. The van der Waals surface area contributed by atoms with E-state index in [2.05, 4.69) is 12.2 Å². The number of carbonyl (C=O) groups is 1. The molecule has 4 aliphatic carbocycles. The van der Waals surface area contributed by atoms with E-state index in [-0.39, 0.29) is 11.3 Å². The van der Waals surface area contributed by atoms with Crippen LogP contribution in [0.3, 0.4) is 0 Å². The first-order valence-electron chi connectivity index (χ1n) is 13.1. The molecular formula is C28H33F6NO2. The number of alkyl halides is 6. The lowest BCUT2D eigenvalue weighted by Crippen LogP contribution is -2.51. The van der Waals surface area contributed by atoms with E-state index >= 15 is 0 Å². The van der Waals surface area contributed by atoms with Crippen LogP contribution in [0.25, 0.3) is 0 Å². The number of anilines is 1. The Morgan fingerprint density at radius 1 is 0.946 bits per heavy atom. The fourth-order valence-corrected chi connectivity index (χ4v) is 8.43. The van der Waals surface area contributed by atoms with Gasteiger partial charge in [0.1, 0.15) is 0 Å². The van der Waals surface area contributed by atoms with Gasteiger partial charge in [-0.25, -0.2) is 0 Å². The predicted molar refractivity (Wildman–Crippen MR) is 126 cm³/mol. The number of allylic oxidation sites excluding steroid dienone is 1. The zero-order chi connectivity index (χ0) is 27.0. The molecule has 0 heterocycles. The molecule has 3 fully saturated rings. The smallest absolute Gasteiger partial charge is 0.389 e. The van der Waals surface area contributed by atoms with E-state index in [4.69, 9.17) is 0 Å². The number of aliphatic hydroxyl groups is 1. The minimum Gasteiger partial charge on any atom is -0.389 e. The summed E-state index contributed by atoms with van der Waals surface area (Å²) in [5.74, 6) is -0.145. The molecule has 0 saturated heterocycles. The van der Waals surface area contributed by atoms with Crippen LogP contribution >= 0.6 is 0 Å². The van der Waals surface area contributed by atoms with Crippen LogP contribution < -0.4 is 5.32 Å². The third-order valence-corrected chi connectivity index (χ3v) is 10.3. The van der Waals surface area contributed by atoms with Gasteiger partial charge in [0.05, 0.1) is 22.9 Å². The molecule has 37 heavy (non-hydrogen) atoms. The molecule has 7 atom stereocenters. The van der Waals surface area contributed by atoms with Crippen LogP contribution in [0.2, 0.25) is 0 Å². The van der Waals surface area contributed by atoms with Crippen LogP contribution in [0.5, 0.6) is 0 Å². The number of fused-ring (bicyclic) bond motifs is 5. The van der Waals surface area contributed by atoms with Crippen molar-refractivity contribution in [3.8, 4) is 0 Å². The maximum atomic E-state index is 13.6. The predicted octanol–water partition coefficient (Wildman–Crippen LogP) is 7.60. The number of benzene rings is 1. The summed E-state index contributed by atoms with van der Waals surface area (Å²) in [6.07, 6.45) is -1.67. The Bertz CT molecular complexity index is 1110. The number of halogens is 6. The zero-order valence-electron chi connectivity index (χ0n) is 21.0. The standard InChI is InChI=1S/C28H33F6NO2/c1-25-11-9-17(36)13-15(25)3-5-18-19-7-8-22(26(19,2)12-10-20(18)25)24(37)35-23-14-16(27(29,30)31)4-6-21(23)28(32,33)34/h4,6,13-14,17-20,22,36H,3,5,7-12H2,1-2H3,(H,35,37)/t17?,18?,19?,20?,22-,25+,26+/m1/s1. The minimum atomic E-state index is -4.90. The first-order chi connectivity index (χ1) is 17.1. The highest BCUT2D eigenvalue weighted by Crippen LogP contribution is 2.66. The molecule has 3 saturated carbocycles. The van der Waals surface area contributed by atoms with E-state index in [0.29, 0.717) is 36.5 Å². The molecule has 3 nitrogen and oxygen atoms in total. The quantitative estimate of drug-likeness (QED) is 0.306. The summed E-state index contributed by atoms with van der Waals surface area (Å²) < 4.78 is 80.4. The summed E-state index contributed by atoms with van der Waals surface area (Å²) in [7, 11) is 0. The summed E-state index contributed by atoms with van der Waals surface area (Å²) >= 11 is 0. The van der Waals surface area contributed by atoms with Gasteiger partial charge in [0, 0.05) is 5.92 Å². The molecule has 0 aromatic heterocycles. The Hall–Kier alpha value is -2.03. The second-order valence-corrected chi connectivity index (χ2v) is 12.1. The monoisotopic (exact) mass is 529 g/mol. The molecule has 1 aromatic carbocycles. The third-order valence-electron chi connectivity index (χ3n) is 10.3. The van der Waals surface area contributed by atoms with E-state index in [1.807, 2.05) is 13.0 Å². The highest BCUT2D eigenvalue weighted by molar-refractivity contribution is 5.94. The van der Waals surface area contributed by atoms with Gasteiger partial charge < -0.3 is 10.4 Å². The highest BCUT2D eigenvalue weighted by atomic mass is 19.4. The molecule has 4 aliphatic rings. The average molecular weight is 530 g/mol. The second-order valence-electron chi connectivity index (χ2n) is 12.1. The summed E-state index contributed by atoms with van der Waals surface area (Å²) in [6, 6.07) is 1.17. The van der Waals surface area contributed by atoms with Crippen LogP contribution in [0, 0.1) is 34.5 Å². The molecule has 9 heteroatoms. The molecule has 0 aliphatic heterocycles. The number of hydrogen-bond acceptors (Lipinski definition) is 2. The second kappa shape index (κ2) is 8.75. The van der Waals surface area contributed by atoms with E-state index in [9.17, 15) is 36.2 Å². The molecule has 5 rings (SSSR count). The number of carbonyl (C=O) groups excluding carboxylic acids is 1. The molecule has 1 amide bonds. The summed E-state index contributed by atoms with van der Waals surface area (Å²) in [5, 5.41) is 12.4.